The van der Waals surface area contributed by atoms with Gasteiger partial charge in [0.05, 0.1) is 24.7 Å². The van der Waals surface area contributed by atoms with Crippen LogP contribution in [0.4, 0.5) is 0 Å². The fraction of sp³-hybridized carbons (Fsp3) is 0.588. The standard InChI is InChI=1S/C17H22N6O3/c1-11-6-23(7-12(2)25-11)14(24)10-22-8-13(9-22)17-20-16(21-26-17)15-18-4-3-5-19-15/h3-5,11-13H,6-10H2,1-2H3/t11-,12+. The van der Waals surface area contributed by atoms with E-state index in [4.69, 9.17) is 9.26 Å². The Bertz CT molecular complexity index is 751. The lowest BCUT2D eigenvalue weighted by molar-refractivity contribution is -0.145. The molecule has 26 heavy (non-hydrogen) atoms. The summed E-state index contributed by atoms with van der Waals surface area (Å²) in [4.78, 5) is 29.1. The zero-order valence-corrected chi connectivity index (χ0v) is 14.9. The molecule has 0 radical (unpaired) electrons. The van der Waals surface area contributed by atoms with Crippen LogP contribution in [0.2, 0.25) is 0 Å². The first-order valence-electron chi connectivity index (χ1n) is 8.85. The number of likely N-dealkylation sites (tertiary alicyclic amines) is 1. The van der Waals surface area contributed by atoms with Gasteiger partial charge in [0.2, 0.25) is 23.4 Å². The van der Waals surface area contributed by atoms with E-state index in [2.05, 4.69) is 25.0 Å². The number of rotatable bonds is 4. The number of ether oxygens (including phenoxy) is 1. The second-order valence-corrected chi connectivity index (χ2v) is 6.98. The van der Waals surface area contributed by atoms with E-state index in [0.29, 0.717) is 37.2 Å². The van der Waals surface area contributed by atoms with Gasteiger partial charge in [-0.25, -0.2) is 9.97 Å². The second kappa shape index (κ2) is 7.08. The van der Waals surface area contributed by atoms with Crippen molar-refractivity contribution in [2.45, 2.75) is 32.0 Å². The van der Waals surface area contributed by atoms with E-state index >= 15 is 0 Å². The summed E-state index contributed by atoms with van der Waals surface area (Å²) in [5.41, 5.74) is 0. The van der Waals surface area contributed by atoms with Crippen molar-refractivity contribution in [3.8, 4) is 11.6 Å². The molecule has 0 bridgehead atoms. The van der Waals surface area contributed by atoms with Gasteiger partial charge in [0.1, 0.15) is 0 Å². The molecule has 4 rings (SSSR count). The van der Waals surface area contributed by atoms with Crippen LogP contribution in [0.25, 0.3) is 11.6 Å². The predicted molar refractivity (Wildman–Crippen MR) is 91.1 cm³/mol. The molecule has 9 nitrogen and oxygen atoms in total. The van der Waals surface area contributed by atoms with Crippen LogP contribution in [0, 0.1) is 0 Å². The molecular weight excluding hydrogens is 336 g/mol. The van der Waals surface area contributed by atoms with E-state index < -0.39 is 0 Å². The average Bonchev–Trinajstić information content (AvgIpc) is 3.07. The van der Waals surface area contributed by atoms with Gasteiger partial charge in [-0.3, -0.25) is 9.69 Å². The number of hydrogen-bond donors (Lipinski definition) is 0. The molecule has 0 aromatic carbocycles. The third-order valence-electron chi connectivity index (χ3n) is 4.65. The molecule has 0 N–H and O–H groups in total. The molecule has 0 saturated carbocycles. The number of carbonyl (C=O) groups is 1. The van der Waals surface area contributed by atoms with Gasteiger partial charge in [0.25, 0.3) is 0 Å². The van der Waals surface area contributed by atoms with E-state index in [1.807, 2.05) is 18.7 Å². The summed E-state index contributed by atoms with van der Waals surface area (Å²) in [6, 6.07) is 1.74. The van der Waals surface area contributed by atoms with Crippen LogP contribution in [-0.4, -0.2) is 80.7 Å². The first-order chi connectivity index (χ1) is 12.6. The van der Waals surface area contributed by atoms with Gasteiger partial charge in [-0.15, -0.1) is 0 Å². The zero-order chi connectivity index (χ0) is 18.1. The normalized spacial score (nSPS) is 24.5. The Labute approximate surface area is 151 Å². The van der Waals surface area contributed by atoms with Gasteiger partial charge < -0.3 is 14.2 Å². The Kier molecular flexibility index (Phi) is 4.64. The summed E-state index contributed by atoms with van der Waals surface area (Å²) >= 11 is 0. The third-order valence-corrected chi connectivity index (χ3v) is 4.65. The largest absolute Gasteiger partial charge is 0.372 e. The highest BCUT2D eigenvalue weighted by Crippen LogP contribution is 2.27. The molecule has 0 unspecified atom stereocenters. The quantitative estimate of drug-likeness (QED) is 0.782. The topological polar surface area (TPSA) is 97.5 Å². The van der Waals surface area contributed by atoms with Crippen molar-refractivity contribution >= 4 is 5.91 Å². The molecule has 0 spiro atoms. The van der Waals surface area contributed by atoms with Gasteiger partial charge in [-0.05, 0) is 19.9 Å². The SMILES string of the molecule is C[C@@H]1CN(C(=O)CN2CC(c3nc(-c4ncccn4)no3)C2)C[C@H](C)O1. The minimum atomic E-state index is 0.0869. The molecule has 2 saturated heterocycles. The highest BCUT2D eigenvalue weighted by atomic mass is 16.5. The van der Waals surface area contributed by atoms with E-state index in [0.717, 1.165) is 13.1 Å². The Balaban J connectivity index is 1.29. The van der Waals surface area contributed by atoms with Gasteiger partial charge in [-0.1, -0.05) is 5.16 Å². The summed E-state index contributed by atoms with van der Waals surface area (Å²) in [5.74, 6) is 1.71. The van der Waals surface area contributed by atoms with Crippen molar-refractivity contribution in [2.24, 2.45) is 0 Å². The minimum Gasteiger partial charge on any atom is -0.372 e. The molecule has 2 aliphatic rings. The van der Waals surface area contributed by atoms with Crippen LogP contribution in [0.3, 0.4) is 0 Å². The maximum Gasteiger partial charge on any atom is 0.240 e. The Morgan fingerprint density at radius 3 is 2.50 bits per heavy atom. The molecule has 2 aliphatic heterocycles. The Hall–Kier alpha value is -2.39. The molecular formula is C17H22N6O3. The fourth-order valence-electron chi connectivity index (χ4n) is 3.43. The summed E-state index contributed by atoms with van der Waals surface area (Å²) in [5, 5.41) is 3.95. The number of hydrogen-bond acceptors (Lipinski definition) is 8. The van der Waals surface area contributed by atoms with Gasteiger partial charge >= 0.3 is 0 Å². The van der Waals surface area contributed by atoms with Crippen LogP contribution in [0.15, 0.2) is 23.0 Å². The van der Waals surface area contributed by atoms with Crippen molar-refractivity contribution in [3.63, 3.8) is 0 Å². The summed E-state index contributed by atoms with van der Waals surface area (Å²) in [6.45, 7) is 7.20. The number of carbonyl (C=O) groups excluding carboxylic acids is 1. The summed E-state index contributed by atoms with van der Waals surface area (Å²) in [6.07, 6.45) is 3.46. The van der Waals surface area contributed by atoms with Crippen molar-refractivity contribution in [3.05, 3.63) is 24.4 Å². The Morgan fingerprint density at radius 2 is 1.81 bits per heavy atom. The van der Waals surface area contributed by atoms with Crippen LogP contribution in [-0.2, 0) is 9.53 Å². The number of aromatic nitrogens is 4. The van der Waals surface area contributed by atoms with Crippen molar-refractivity contribution in [1.29, 1.82) is 0 Å². The molecule has 2 aromatic rings. The fourth-order valence-corrected chi connectivity index (χ4v) is 3.43. The average molecular weight is 358 g/mol. The maximum atomic E-state index is 12.5. The minimum absolute atomic E-state index is 0.0869. The molecule has 1 amide bonds. The first kappa shape index (κ1) is 17.0. The summed E-state index contributed by atoms with van der Waals surface area (Å²) < 4.78 is 11.0. The van der Waals surface area contributed by atoms with Crippen molar-refractivity contribution < 1.29 is 14.1 Å². The van der Waals surface area contributed by atoms with Crippen LogP contribution in [0.5, 0.6) is 0 Å². The van der Waals surface area contributed by atoms with Crippen LogP contribution in [0.1, 0.15) is 25.7 Å². The van der Waals surface area contributed by atoms with Crippen LogP contribution >= 0.6 is 0 Å². The molecule has 2 fully saturated rings. The van der Waals surface area contributed by atoms with E-state index in [-0.39, 0.29) is 24.0 Å². The summed E-state index contributed by atoms with van der Waals surface area (Å²) in [7, 11) is 0. The lowest BCUT2D eigenvalue weighted by Gasteiger charge is -2.40. The van der Waals surface area contributed by atoms with E-state index in [1.54, 1.807) is 18.5 Å². The monoisotopic (exact) mass is 358 g/mol. The molecule has 0 aliphatic carbocycles. The van der Waals surface area contributed by atoms with Gasteiger partial charge in [0, 0.05) is 38.6 Å². The molecule has 2 aromatic heterocycles. The lowest BCUT2D eigenvalue weighted by atomic mass is 10.00. The molecule has 138 valence electrons. The smallest absolute Gasteiger partial charge is 0.240 e. The predicted octanol–water partition coefficient (Wildman–Crippen LogP) is 0.562. The van der Waals surface area contributed by atoms with Gasteiger partial charge in [-0.2, -0.15) is 4.98 Å². The molecule has 4 heterocycles. The first-order valence-corrected chi connectivity index (χ1v) is 8.85. The van der Waals surface area contributed by atoms with Crippen LogP contribution < -0.4 is 0 Å². The van der Waals surface area contributed by atoms with E-state index in [9.17, 15) is 4.79 Å². The number of amides is 1. The van der Waals surface area contributed by atoms with Crippen molar-refractivity contribution in [2.75, 3.05) is 32.7 Å². The third kappa shape index (κ3) is 3.58. The van der Waals surface area contributed by atoms with E-state index in [1.165, 1.54) is 0 Å². The molecule has 9 heteroatoms. The highest BCUT2D eigenvalue weighted by molar-refractivity contribution is 5.78. The zero-order valence-electron chi connectivity index (χ0n) is 14.9. The number of nitrogens with zero attached hydrogens (tertiary/aromatic N) is 6. The number of morpholine rings is 1. The highest BCUT2D eigenvalue weighted by Gasteiger charge is 2.35. The Morgan fingerprint density at radius 1 is 1.12 bits per heavy atom. The second-order valence-electron chi connectivity index (χ2n) is 6.98. The van der Waals surface area contributed by atoms with Gasteiger partial charge in [0.15, 0.2) is 0 Å². The maximum absolute atomic E-state index is 12.5. The lowest BCUT2D eigenvalue weighted by Crippen LogP contribution is -2.54. The molecule has 2 atom stereocenters. The van der Waals surface area contributed by atoms with Crippen molar-refractivity contribution in [1.82, 2.24) is 29.9 Å².